The van der Waals surface area contributed by atoms with Crippen molar-refractivity contribution in [2.75, 3.05) is 5.75 Å². The van der Waals surface area contributed by atoms with Crippen LogP contribution < -0.4 is 0 Å². The maximum absolute atomic E-state index is 11.1. The van der Waals surface area contributed by atoms with E-state index in [9.17, 15) is 4.79 Å². The standard InChI is InChI=1S/C13H16OS/c1-10(14)12-4-6-13(7-5-12)15-9-8-11-2-3-11/h4-7,11H,2-3,8-9H2,1H3. The summed E-state index contributed by atoms with van der Waals surface area (Å²) in [5.41, 5.74) is 0.807. The van der Waals surface area contributed by atoms with Crippen LogP contribution in [0.5, 0.6) is 0 Å². The van der Waals surface area contributed by atoms with Gasteiger partial charge in [-0.15, -0.1) is 11.8 Å². The van der Waals surface area contributed by atoms with Gasteiger partial charge in [-0.25, -0.2) is 0 Å². The molecular weight excluding hydrogens is 204 g/mol. The first-order chi connectivity index (χ1) is 7.25. The molecule has 2 rings (SSSR count). The lowest BCUT2D eigenvalue weighted by Crippen LogP contribution is -1.90. The van der Waals surface area contributed by atoms with Crippen molar-refractivity contribution in [2.24, 2.45) is 5.92 Å². The third-order valence-corrected chi connectivity index (χ3v) is 3.80. The Balaban J connectivity index is 1.83. The third-order valence-electron chi connectivity index (χ3n) is 2.75. The van der Waals surface area contributed by atoms with Crippen LogP contribution in [0, 0.1) is 5.92 Å². The number of hydrogen-bond donors (Lipinski definition) is 0. The molecule has 1 aromatic carbocycles. The number of Topliss-reactive ketones (excluding diaryl/α,β-unsaturated/α-hetero) is 1. The molecule has 0 aliphatic heterocycles. The third kappa shape index (κ3) is 3.38. The smallest absolute Gasteiger partial charge is 0.159 e. The summed E-state index contributed by atoms with van der Waals surface area (Å²) in [6, 6.07) is 7.94. The Morgan fingerprint density at radius 3 is 2.53 bits per heavy atom. The van der Waals surface area contributed by atoms with Gasteiger partial charge in [0.25, 0.3) is 0 Å². The van der Waals surface area contributed by atoms with Gasteiger partial charge in [0.1, 0.15) is 0 Å². The van der Waals surface area contributed by atoms with E-state index in [2.05, 4.69) is 0 Å². The summed E-state index contributed by atoms with van der Waals surface area (Å²) >= 11 is 1.90. The van der Waals surface area contributed by atoms with E-state index < -0.39 is 0 Å². The van der Waals surface area contributed by atoms with Crippen LogP contribution in [0.4, 0.5) is 0 Å². The molecule has 1 aliphatic carbocycles. The highest BCUT2D eigenvalue weighted by molar-refractivity contribution is 7.99. The number of hydrogen-bond acceptors (Lipinski definition) is 2. The van der Waals surface area contributed by atoms with E-state index in [1.54, 1.807) is 6.92 Å². The molecule has 1 saturated carbocycles. The van der Waals surface area contributed by atoms with Gasteiger partial charge in [-0.2, -0.15) is 0 Å². The SMILES string of the molecule is CC(=O)c1ccc(SCCC2CC2)cc1. The van der Waals surface area contributed by atoms with Crippen molar-refractivity contribution in [3.05, 3.63) is 29.8 Å². The normalized spacial score (nSPS) is 15.3. The van der Waals surface area contributed by atoms with Gasteiger partial charge in [-0.3, -0.25) is 4.79 Å². The van der Waals surface area contributed by atoms with Crippen LogP contribution in [0.3, 0.4) is 0 Å². The zero-order valence-corrected chi connectivity index (χ0v) is 9.85. The topological polar surface area (TPSA) is 17.1 Å². The Morgan fingerprint density at radius 2 is 2.00 bits per heavy atom. The number of ketones is 1. The molecule has 0 saturated heterocycles. The maximum atomic E-state index is 11.1. The quantitative estimate of drug-likeness (QED) is 0.555. The summed E-state index contributed by atoms with van der Waals surface area (Å²) in [4.78, 5) is 12.3. The average Bonchev–Trinajstić information content (AvgIpc) is 3.02. The van der Waals surface area contributed by atoms with E-state index in [0.29, 0.717) is 0 Å². The molecule has 0 heterocycles. The predicted molar refractivity (Wildman–Crippen MR) is 64.5 cm³/mol. The monoisotopic (exact) mass is 220 g/mol. The molecule has 1 aromatic rings. The molecule has 1 fully saturated rings. The van der Waals surface area contributed by atoms with Crippen LogP contribution in [0.1, 0.15) is 36.5 Å². The number of thioether (sulfide) groups is 1. The highest BCUT2D eigenvalue weighted by Crippen LogP contribution is 2.34. The fourth-order valence-corrected chi connectivity index (χ4v) is 2.55. The van der Waals surface area contributed by atoms with Gasteiger partial charge in [0, 0.05) is 10.5 Å². The number of carbonyl (C=O) groups excluding carboxylic acids is 1. The summed E-state index contributed by atoms with van der Waals surface area (Å²) in [6.07, 6.45) is 4.22. The van der Waals surface area contributed by atoms with Crippen LogP contribution in [0.2, 0.25) is 0 Å². The van der Waals surface area contributed by atoms with E-state index in [-0.39, 0.29) is 5.78 Å². The van der Waals surface area contributed by atoms with Gasteiger partial charge in [0.15, 0.2) is 5.78 Å². The first-order valence-corrected chi connectivity index (χ1v) is 6.48. The van der Waals surface area contributed by atoms with Crippen molar-refractivity contribution in [1.82, 2.24) is 0 Å². The molecule has 80 valence electrons. The van der Waals surface area contributed by atoms with Gasteiger partial charge in [-0.05, 0) is 37.1 Å². The number of rotatable bonds is 5. The van der Waals surface area contributed by atoms with Gasteiger partial charge < -0.3 is 0 Å². The van der Waals surface area contributed by atoms with Crippen LogP contribution in [-0.2, 0) is 0 Å². The lowest BCUT2D eigenvalue weighted by molar-refractivity contribution is 0.101. The molecule has 0 unspecified atom stereocenters. The molecule has 0 radical (unpaired) electrons. The molecule has 15 heavy (non-hydrogen) atoms. The van der Waals surface area contributed by atoms with E-state index in [1.165, 1.54) is 29.9 Å². The first-order valence-electron chi connectivity index (χ1n) is 5.49. The predicted octanol–water partition coefficient (Wildman–Crippen LogP) is 3.78. The molecule has 1 nitrogen and oxygen atoms in total. The minimum atomic E-state index is 0.143. The lowest BCUT2D eigenvalue weighted by atomic mass is 10.2. The van der Waals surface area contributed by atoms with Crippen LogP contribution >= 0.6 is 11.8 Å². The fourth-order valence-electron chi connectivity index (χ4n) is 1.54. The van der Waals surface area contributed by atoms with Crippen molar-refractivity contribution in [2.45, 2.75) is 31.1 Å². The van der Waals surface area contributed by atoms with Crippen LogP contribution in [0.25, 0.3) is 0 Å². The molecule has 2 heteroatoms. The van der Waals surface area contributed by atoms with Gasteiger partial charge in [-0.1, -0.05) is 25.0 Å². The zero-order chi connectivity index (χ0) is 10.7. The first kappa shape index (κ1) is 10.7. The second-order valence-corrected chi connectivity index (χ2v) is 5.33. The molecule has 0 amide bonds. The van der Waals surface area contributed by atoms with Gasteiger partial charge in [0.2, 0.25) is 0 Å². The average molecular weight is 220 g/mol. The van der Waals surface area contributed by atoms with Crippen molar-refractivity contribution in [3.8, 4) is 0 Å². The molecule has 0 atom stereocenters. The van der Waals surface area contributed by atoms with E-state index in [4.69, 9.17) is 0 Å². The van der Waals surface area contributed by atoms with Crippen molar-refractivity contribution in [1.29, 1.82) is 0 Å². The summed E-state index contributed by atoms with van der Waals surface area (Å²) in [5.74, 6) is 2.36. The zero-order valence-electron chi connectivity index (χ0n) is 9.03. The summed E-state index contributed by atoms with van der Waals surface area (Å²) in [5, 5.41) is 0. The number of benzene rings is 1. The Hall–Kier alpha value is -0.760. The number of carbonyl (C=O) groups is 1. The van der Waals surface area contributed by atoms with Crippen molar-refractivity contribution < 1.29 is 4.79 Å². The highest BCUT2D eigenvalue weighted by Gasteiger charge is 2.20. The largest absolute Gasteiger partial charge is 0.295 e. The molecule has 0 spiro atoms. The second kappa shape index (κ2) is 4.84. The summed E-state index contributed by atoms with van der Waals surface area (Å²) < 4.78 is 0. The molecule has 0 bridgehead atoms. The Bertz CT molecular complexity index is 338. The Labute approximate surface area is 95.3 Å². The highest BCUT2D eigenvalue weighted by atomic mass is 32.2. The van der Waals surface area contributed by atoms with Crippen molar-refractivity contribution in [3.63, 3.8) is 0 Å². The molecule has 1 aliphatic rings. The Morgan fingerprint density at radius 1 is 1.33 bits per heavy atom. The van der Waals surface area contributed by atoms with Gasteiger partial charge in [0.05, 0.1) is 0 Å². The van der Waals surface area contributed by atoms with Crippen LogP contribution in [-0.4, -0.2) is 11.5 Å². The summed E-state index contributed by atoms with van der Waals surface area (Å²) in [6.45, 7) is 1.61. The molecule has 0 N–H and O–H groups in total. The van der Waals surface area contributed by atoms with Gasteiger partial charge >= 0.3 is 0 Å². The summed E-state index contributed by atoms with van der Waals surface area (Å²) in [7, 11) is 0. The minimum Gasteiger partial charge on any atom is -0.295 e. The minimum absolute atomic E-state index is 0.143. The Kier molecular flexibility index (Phi) is 3.47. The lowest BCUT2D eigenvalue weighted by Gasteiger charge is -2.01. The maximum Gasteiger partial charge on any atom is 0.159 e. The van der Waals surface area contributed by atoms with Crippen LogP contribution in [0.15, 0.2) is 29.2 Å². The fraction of sp³-hybridized carbons (Fsp3) is 0.462. The van der Waals surface area contributed by atoms with Crippen molar-refractivity contribution >= 4 is 17.5 Å². The molecule has 0 aromatic heterocycles. The van der Waals surface area contributed by atoms with E-state index >= 15 is 0 Å². The van der Waals surface area contributed by atoms with E-state index in [1.807, 2.05) is 36.0 Å². The molecular formula is C13H16OS. The second-order valence-electron chi connectivity index (χ2n) is 4.16. The van der Waals surface area contributed by atoms with E-state index in [0.717, 1.165) is 11.5 Å².